The zero-order valence-corrected chi connectivity index (χ0v) is 35.3. The molecule has 12 rings (SSSR count). The number of hydrogen-bond donors (Lipinski definition) is 0. The second-order valence-electron chi connectivity index (χ2n) is 16.3. The van der Waals surface area contributed by atoms with Crippen molar-refractivity contribution in [3.05, 3.63) is 271 Å². The van der Waals surface area contributed by atoms with Crippen LogP contribution >= 0.6 is 11.3 Å². The molecule has 1 aliphatic carbocycles. The maximum Gasteiger partial charge on any atom is 0.0713 e. The molecule has 0 fully saturated rings. The van der Waals surface area contributed by atoms with Crippen LogP contribution in [0.1, 0.15) is 22.3 Å². The number of rotatable bonds is 8. The van der Waals surface area contributed by atoms with Crippen LogP contribution in [0.3, 0.4) is 0 Å². The number of nitrogens with zero attached hydrogens (tertiary/aromatic N) is 1. The third kappa shape index (κ3) is 5.91. The third-order valence-electron chi connectivity index (χ3n) is 13.0. The Hall–Kier alpha value is -7.78. The van der Waals surface area contributed by atoms with Gasteiger partial charge in [-0.3, -0.25) is 0 Å². The molecule has 1 heterocycles. The van der Waals surface area contributed by atoms with E-state index in [0.29, 0.717) is 0 Å². The second kappa shape index (κ2) is 15.3. The van der Waals surface area contributed by atoms with E-state index in [1.54, 1.807) is 0 Å². The fourth-order valence-electron chi connectivity index (χ4n) is 10.3. The minimum absolute atomic E-state index is 0.518. The lowest BCUT2D eigenvalue weighted by Gasteiger charge is -2.34. The van der Waals surface area contributed by atoms with E-state index in [0.717, 1.165) is 17.1 Å². The number of anilines is 3. The molecule has 0 saturated heterocycles. The van der Waals surface area contributed by atoms with Crippen LogP contribution in [-0.2, 0) is 5.41 Å². The lowest BCUT2D eigenvalue weighted by molar-refractivity contribution is 0.768. The Kier molecular flexibility index (Phi) is 8.98. The number of thiophene rings is 1. The molecule has 0 atom stereocenters. The molecular formula is C61H41NS. The molecule has 1 nitrogen and oxygen atoms in total. The lowest BCUT2D eigenvalue weighted by atomic mass is 9.67. The average molecular weight is 820 g/mol. The third-order valence-corrected chi connectivity index (χ3v) is 14.2. The van der Waals surface area contributed by atoms with Crippen LogP contribution in [0, 0.1) is 0 Å². The van der Waals surface area contributed by atoms with Crippen LogP contribution in [-0.4, -0.2) is 0 Å². The summed E-state index contributed by atoms with van der Waals surface area (Å²) in [7, 11) is 0. The monoisotopic (exact) mass is 819 g/mol. The first-order valence-corrected chi connectivity index (χ1v) is 22.5. The Morgan fingerprint density at radius 3 is 1.62 bits per heavy atom. The quantitative estimate of drug-likeness (QED) is 0.148. The Bertz CT molecular complexity index is 3390. The predicted molar refractivity (Wildman–Crippen MR) is 268 cm³/mol. The molecule has 1 aliphatic rings. The topological polar surface area (TPSA) is 3.24 Å². The minimum Gasteiger partial charge on any atom is -0.309 e. The van der Waals surface area contributed by atoms with E-state index in [4.69, 9.17) is 0 Å². The molecule has 0 aliphatic heterocycles. The van der Waals surface area contributed by atoms with Crippen molar-refractivity contribution in [3.63, 3.8) is 0 Å². The maximum atomic E-state index is 2.52. The molecule has 296 valence electrons. The highest BCUT2D eigenvalue weighted by atomic mass is 32.1. The highest BCUT2D eigenvalue weighted by Gasteiger charge is 2.47. The highest BCUT2D eigenvalue weighted by Crippen LogP contribution is 2.59. The Morgan fingerprint density at radius 2 is 0.905 bits per heavy atom. The normalized spacial score (nSPS) is 12.6. The first-order chi connectivity index (χ1) is 31.3. The Morgan fingerprint density at radius 1 is 0.349 bits per heavy atom. The predicted octanol–water partition coefficient (Wildman–Crippen LogP) is 16.9. The first-order valence-electron chi connectivity index (χ1n) is 21.7. The number of fused-ring (bicyclic) bond motifs is 6. The molecule has 11 aromatic rings. The van der Waals surface area contributed by atoms with Gasteiger partial charge < -0.3 is 4.90 Å². The largest absolute Gasteiger partial charge is 0.309 e. The van der Waals surface area contributed by atoms with Crippen LogP contribution in [0.4, 0.5) is 17.1 Å². The summed E-state index contributed by atoms with van der Waals surface area (Å²) in [6.45, 7) is 0. The summed E-state index contributed by atoms with van der Waals surface area (Å²) in [5, 5.41) is 2.52. The summed E-state index contributed by atoms with van der Waals surface area (Å²) in [4.78, 5) is 2.52. The van der Waals surface area contributed by atoms with Gasteiger partial charge in [0.15, 0.2) is 0 Å². The van der Waals surface area contributed by atoms with Gasteiger partial charge in [0.05, 0.1) is 16.8 Å². The van der Waals surface area contributed by atoms with Gasteiger partial charge in [-0.15, -0.1) is 11.3 Å². The van der Waals surface area contributed by atoms with Gasteiger partial charge >= 0.3 is 0 Å². The van der Waals surface area contributed by atoms with Crippen molar-refractivity contribution in [1.82, 2.24) is 0 Å². The molecule has 10 aromatic carbocycles. The standard InChI is InChI=1S/C61H41NS/c1-6-21-42(22-7-1)44-37-39-55(62(47-29-14-5-15-30-47)56-40-38-48(43-23-8-2-9-24-43)60-59(56)51-32-17-19-36-57(51)63-60)52(41-44)49-33-20-35-54-58(49)50-31-16-18-34-53(50)61(54,45-25-10-3-11-26-45)46-27-12-4-13-28-46/h1-41H. The van der Waals surface area contributed by atoms with Gasteiger partial charge in [0.1, 0.15) is 0 Å². The fraction of sp³-hybridized carbons (Fsp3) is 0.0164. The molecule has 0 saturated carbocycles. The van der Waals surface area contributed by atoms with E-state index in [9.17, 15) is 0 Å². The summed E-state index contributed by atoms with van der Waals surface area (Å²) < 4.78 is 2.56. The van der Waals surface area contributed by atoms with E-state index >= 15 is 0 Å². The summed E-state index contributed by atoms with van der Waals surface area (Å²) in [5.74, 6) is 0. The summed E-state index contributed by atoms with van der Waals surface area (Å²) in [6, 6.07) is 91.6. The summed E-state index contributed by atoms with van der Waals surface area (Å²) in [5.41, 5.74) is 17.7. The molecule has 63 heavy (non-hydrogen) atoms. The minimum atomic E-state index is -0.518. The maximum absolute atomic E-state index is 2.52. The van der Waals surface area contributed by atoms with Gasteiger partial charge in [0.2, 0.25) is 0 Å². The molecule has 0 radical (unpaired) electrons. The molecule has 0 amide bonds. The number of hydrogen-bond acceptors (Lipinski definition) is 2. The van der Waals surface area contributed by atoms with Crippen molar-refractivity contribution < 1.29 is 0 Å². The second-order valence-corrected chi connectivity index (χ2v) is 17.4. The van der Waals surface area contributed by atoms with Crippen molar-refractivity contribution in [2.24, 2.45) is 0 Å². The smallest absolute Gasteiger partial charge is 0.0713 e. The molecular weight excluding hydrogens is 779 g/mol. The van der Waals surface area contributed by atoms with Crippen LogP contribution in [0.15, 0.2) is 249 Å². The van der Waals surface area contributed by atoms with Crippen LogP contribution in [0.2, 0.25) is 0 Å². The lowest BCUT2D eigenvalue weighted by Crippen LogP contribution is -2.28. The zero-order chi connectivity index (χ0) is 41.7. The van der Waals surface area contributed by atoms with Gasteiger partial charge in [-0.05, 0) is 97.6 Å². The number of para-hydroxylation sites is 1. The Balaban J connectivity index is 1.19. The van der Waals surface area contributed by atoms with E-state index in [2.05, 4.69) is 254 Å². The fourth-order valence-corrected chi connectivity index (χ4v) is 11.6. The van der Waals surface area contributed by atoms with E-state index in [1.165, 1.54) is 86.9 Å². The van der Waals surface area contributed by atoms with E-state index in [-0.39, 0.29) is 0 Å². The molecule has 0 bridgehead atoms. The SMILES string of the molecule is c1ccc(-c2ccc(N(c3ccccc3)c3ccc(-c4ccccc4)c4sc5ccccc5c34)c(-c3cccc4c3-c3ccccc3C4(c3ccccc3)c3ccccc3)c2)cc1. The summed E-state index contributed by atoms with van der Waals surface area (Å²) >= 11 is 1.88. The molecule has 0 N–H and O–H groups in total. The van der Waals surface area contributed by atoms with E-state index in [1.807, 2.05) is 11.3 Å². The summed E-state index contributed by atoms with van der Waals surface area (Å²) in [6.07, 6.45) is 0. The first kappa shape index (κ1) is 37.0. The van der Waals surface area contributed by atoms with Gasteiger partial charge in [0.25, 0.3) is 0 Å². The van der Waals surface area contributed by atoms with Crippen molar-refractivity contribution >= 4 is 48.6 Å². The highest BCUT2D eigenvalue weighted by molar-refractivity contribution is 7.26. The average Bonchev–Trinajstić information content (AvgIpc) is 3.91. The molecule has 1 aromatic heterocycles. The number of benzene rings is 10. The van der Waals surface area contributed by atoms with Crippen molar-refractivity contribution in [2.45, 2.75) is 5.41 Å². The van der Waals surface area contributed by atoms with Crippen LogP contribution in [0.5, 0.6) is 0 Å². The van der Waals surface area contributed by atoms with Gasteiger partial charge in [-0.1, -0.05) is 212 Å². The molecule has 2 heteroatoms. The Labute approximate surface area is 372 Å². The van der Waals surface area contributed by atoms with Gasteiger partial charge in [-0.2, -0.15) is 0 Å². The zero-order valence-electron chi connectivity index (χ0n) is 34.5. The van der Waals surface area contributed by atoms with Crippen molar-refractivity contribution in [2.75, 3.05) is 4.90 Å². The van der Waals surface area contributed by atoms with E-state index < -0.39 is 5.41 Å². The van der Waals surface area contributed by atoms with Crippen LogP contribution in [0.25, 0.3) is 64.7 Å². The van der Waals surface area contributed by atoms with Crippen LogP contribution < -0.4 is 4.90 Å². The van der Waals surface area contributed by atoms with Gasteiger partial charge in [-0.25, -0.2) is 0 Å². The van der Waals surface area contributed by atoms with Gasteiger partial charge in [0, 0.05) is 31.4 Å². The van der Waals surface area contributed by atoms with Crippen molar-refractivity contribution in [3.8, 4) is 44.5 Å². The van der Waals surface area contributed by atoms with Crippen molar-refractivity contribution in [1.29, 1.82) is 0 Å². The molecule has 0 spiro atoms. The molecule has 0 unspecified atom stereocenters.